The van der Waals surface area contributed by atoms with Crippen molar-refractivity contribution in [2.75, 3.05) is 0 Å². The van der Waals surface area contributed by atoms with E-state index in [4.69, 9.17) is 17.3 Å². The summed E-state index contributed by atoms with van der Waals surface area (Å²) in [7, 11) is 0. The van der Waals surface area contributed by atoms with E-state index >= 15 is 0 Å². The number of hydrogen-bond donors (Lipinski definition) is 1. The van der Waals surface area contributed by atoms with E-state index in [1.54, 1.807) is 6.07 Å². The highest BCUT2D eigenvalue weighted by atomic mass is 35.5. The summed E-state index contributed by atoms with van der Waals surface area (Å²) in [5, 5.41) is 0.531. The molecular formula is C9H11ClN2. The summed E-state index contributed by atoms with van der Waals surface area (Å²) in [6.45, 7) is 0. The SMILES string of the molecule is N[C@H](c1cccc(Cl)n1)C1CC1. The van der Waals surface area contributed by atoms with Gasteiger partial charge in [-0.2, -0.15) is 0 Å². The van der Waals surface area contributed by atoms with E-state index in [9.17, 15) is 0 Å². The van der Waals surface area contributed by atoms with Gasteiger partial charge in [-0.25, -0.2) is 4.98 Å². The number of hydrogen-bond acceptors (Lipinski definition) is 2. The molecule has 2 N–H and O–H groups in total. The normalized spacial score (nSPS) is 19.2. The molecular weight excluding hydrogens is 172 g/mol. The highest BCUT2D eigenvalue weighted by Crippen LogP contribution is 2.38. The van der Waals surface area contributed by atoms with E-state index in [1.807, 2.05) is 12.1 Å². The highest BCUT2D eigenvalue weighted by molar-refractivity contribution is 6.29. The van der Waals surface area contributed by atoms with Crippen molar-refractivity contribution in [3.05, 3.63) is 29.0 Å². The zero-order chi connectivity index (χ0) is 8.55. The van der Waals surface area contributed by atoms with E-state index in [1.165, 1.54) is 12.8 Å². The van der Waals surface area contributed by atoms with Crippen LogP contribution in [0.15, 0.2) is 18.2 Å². The molecule has 12 heavy (non-hydrogen) atoms. The number of halogens is 1. The third-order valence-electron chi connectivity index (χ3n) is 2.21. The molecule has 0 unspecified atom stereocenters. The van der Waals surface area contributed by atoms with Crippen LogP contribution in [-0.4, -0.2) is 4.98 Å². The van der Waals surface area contributed by atoms with Crippen molar-refractivity contribution in [1.29, 1.82) is 0 Å². The molecule has 1 atom stereocenters. The number of aromatic nitrogens is 1. The minimum Gasteiger partial charge on any atom is -0.322 e. The molecule has 1 aliphatic rings. The predicted octanol–water partition coefficient (Wildman–Crippen LogP) is 2.14. The predicted molar refractivity (Wildman–Crippen MR) is 48.9 cm³/mol. The largest absolute Gasteiger partial charge is 0.322 e. The van der Waals surface area contributed by atoms with Gasteiger partial charge in [-0.05, 0) is 30.9 Å². The molecule has 2 nitrogen and oxygen atoms in total. The minimum atomic E-state index is 0.0868. The van der Waals surface area contributed by atoms with E-state index in [-0.39, 0.29) is 6.04 Å². The standard InChI is InChI=1S/C9H11ClN2/c10-8-3-1-2-7(12-8)9(11)6-4-5-6/h1-3,6,9H,4-5,11H2/t9-/m0/s1. The van der Waals surface area contributed by atoms with Crippen LogP contribution in [0.25, 0.3) is 0 Å². The van der Waals surface area contributed by atoms with Crippen LogP contribution >= 0.6 is 11.6 Å². The van der Waals surface area contributed by atoms with Crippen LogP contribution in [0, 0.1) is 5.92 Å². The van der Waals surface area contributed by atoms with E-state index in [0.717, 1.165) is 5.69 Å². The molecule has 0 bridgehead atoms. The summed E-state index contributed by atoms with van der Waals surface area (Å²) in [6.07, 6.45) is 2.46. The molecule has 2 rings (SSSR count). The van der Waals surface area contributed by atoms with Crippen LogP contribution in [0.3, 0.4) is 0 Å². The maximum atomic E-state index is 5.95. The molecule has 1 aromatic heterocycles. The van der Waals surface area contributed by atoms with Gasteiger partial charge < -0.3 is 5.73 Å². The van der Waals surface area contributed by atoms with Crippen LogP contribution in [0.2, 0.25) is 5.15 Å². The van der Waals surface area contributed by atoms with Gasteiger partial charge in [-0.15, -0.1) is 0 Å². The third kappa shape index (κ3) is 1.59. The summed E-state index contributed by atoms with van der Waals surface area (Å²) in [6, 6.07) is 5.69. The van der Waals surface area contributed by atoms with Crippen LogP contribution in [0.4, 0.5) is 0 Å². The average Bonchev–Trinajstić information content (AvgIpc) is 2.85. The Bertz CT molecular complexity index is 284. The molecule has 1 heterocycles. The van der Waals surface area contributed by atoms with Crippen molar-refractivity contribution >= 4 is 11.6 Å². The lowest BCUT2D eigenvalue weighted by Crippen LogP contribution is -2.13. The lowest BCUT2D eigenvalue weighted by atomic mass is 10.1. The fourth-order valence-corrected chi connectivity index (χ4v) is 1.48. The van der Waals surface area contributed by atoms with Crippen molar-refractivity contribution in [2.45, 2.75) is 18.9 Å². The first-order chi connectivity index (χ1) is 5.77. The molecule has 1 fully saturated rings. The van der Waals surface area contributed by atoms with Crippen LogP contribution in [0.5, 0.6) is 0 Å². The number of rotatable bonds is 2. The van der Waals surface area contributed by atoms with Gasteiger partial charge in [0.05, 0.1) is 5.69 Å². The van der Waals surface area contributed by atoms with Gasteiger partial charge in [0.2, 0.25) is 0 Å². The summed E-state index contributed by atoms with van der Waals surface area (Å²) >= 11 is 5.75. The van der Waals surface area contributed by atoms with Gasteiger partial charge >= 0.3 is 0 Å². The number of pyridine rings is 1. The lowest BCUT2D eigenvalue weighted by Gasteiger charge is -2.08. The smallest absolute Gasteiger partial charge is 0.129 e. The van der Waals surface area contributed by atoms with Crippen LogP contribution in [0.1, 0.15) is 24.6 Å². The Morgan fingerprint density at radius 1 is 1.50 bits per heavy atom. The zero-order valence-electron chi connectivity index (χ0n) is 6.70. The molecule has 0 radical (unpaired) electrons. The maximum absolute atomic E-state index is 5.95. The van der Waals surface area contributed by atoms with Crippen molar-refractivity contribution in [3.63, 3.8) is 0 Å². The second kappa shape index (κ2) is 3.04. The first kappa shape index (κ1) is 8.02. The third-order valence-corrected chi connectivity index (χ3v) is 2.42. The van der Waals surface area contributed by atoms with Crippen LogP contribution < -0.4 is 5.73 Å². The quantitative estimate of drug-likeness (QED) is 0.712. The molecule has 1 aliphatic carbocycles. The molecule has 0 spiro atoms. The molecule has 1 saturated carbocycles. The van der Waals surface area contributed by atoms with E-state index in [0.29, 0.717) is 11.1 Å². The van der Waals surface area contributed by atoms with Crippen molar-refractivity contribution in [3.8, 4) is 0 Å². The first-order valence-corrected chi connectivity index (χ1v) is 4.53. The topological polar surface area (TPSA) is 38.9 Å². The summed E-state index contributed by atoms with van der Waals surface area (Å²) < 4.78 is 0. The van der Waals surface area contributed by atoms with Gasteiger partial charge in [0.1, 0.15) is 5.15 Å². The Kier molecular flexibility index (Phi) is 2.03. The summed E-state index contributed by atoms with van der Waals surface area (Å²) in [5.41, 5.74) is 6.87. The molecule has 64 valence electrons. The van der Waals surface area contributed by atoms with E-state index in [2.05, 4.69) is 4.98 Å². The Morgan fingerprint density at radius 2 is 2.25 bits per heavy atom. The zero-order valence-corrected chi connectivity index (χ0v) is 7.46. The Balaban J connectivity index is 2.20. The second-order valence-corrected chi connectivity index (χ2v) is 3.64. The number of nitrogens with zero attached hydrogens (tertiary/aromatic N) is 1. The van der Waals surface area contributed by atoms with Gasteiger partial charge in [0.15, 0.2) is 0 Å². The molecule has 0 aliphatic heterocycles. The lowest BCUT2D eigenvalue weighted by molar-refractivity contribution is 0.615. The van der Waals surface area contributed by atoms with Gasteiger partial charge in [0, 0.05) is 6.04 Å². The van der Waals surface area contributed by atoms with Gasteiger partial charge in [-0.3, -0.25) is 0 Å². The molecule has 1 aromatic rings. The maximum Gasteiger partial charge on any atom is 0.129 e. The highest BCUT2D eigenvalue weighted by Gasteiger charge is 2.30. The van der Waals surface area contributed by atoms with E-state index < -0.39 is 0 Å². The monoisotopic (exact) mass is 182 g/mol. The van der Waals surface area contributed by atoms with Gasteiger partial charge in [0.25, 0.3) is 0 Å². The van der Waals surface area contributed by atoms with Crippen molar-refractivity contribution < 1.29 is 0 Å². The molecule has 0 aromatic carbocycles. The summed E-state index contributed by atoms with van der Waals surface area (Å²) in [5.74, 6) is 0.635. The molecule has 0 saturated heterocycles. The average molecular weight is 183 g/mol. The fourth-order valence-electron chi connectivity index (χ4n) is 1.31. The second-order valence-electron chi connectivity index (χ2n) is 3.25. The molecule has 0 amide bonds. The minimum absolute atomic E-state index is 0.0868. The van der Waals surface area contributed by atoms with Gasteiger partial charge in [-0.1, -0.05) is 17.7 Å². The number of nitrogens with two attached hydrogens (primary N) is 1. The fraction of sp³-hybridized carbons (Fsp3) is 0.444. The van der Waals surface area contributed by atoms with Crippen molar-refractivity contribution in [2.24, 2.45) is 11.7 Å². The first-order valence-electron chi connectivity index (χ1n) is 4.15. The Hall–Kier alpha value is -0.600. The Labute approximate surface area is 76.7 Å². The molecule has 3 heteroatoms. The Morgan fingerprint density at radius 3 is 2.83 bits per heavy atom. The van der Waals surface area contributed by atoms with Crippen molar-refractivity contribution in [1.82, 2.24) is 4.98 Å². The summed E-state index contributed by atoms with van der Waals surface area (Å²) in [4.78, 5) is 4.17. The van der Waals surface area contributed by atoms with Crippen LogP contribution in [-0.2, 0) is 0 Å².